The number of hydrogen-bond acceptors (Lipinski definition) is 5. The van der Waals surface area contributed by atoms with E-state index in [9.17, 15) is 9.59 Å². The van der Waals surface area contributed by atoms with E-state index in [1.165, 1.54) is 17.9 Å². The van der Waals surface area contributed by atoms with Crippen molar-refractivity contribution in [2.75, 3.05) is 27.3 Å². The van der Waals surface area contributed by atoms with E-state index in [4.69, 9.17) is 9.47 Å². The lowest BCUT2D eigenvalue weighted by molar-refractivity contribution is -0.133. The highest BCUT2D eigenvalue weighted by Crippen LogP contribution is 2.28. The van der Waals surface area contributed by atoms with Gasteiger partial charge in [0.25, 0.3) is 5.56 Å². The van der Waals surface area contributed by atoms with Gasteiger partial charge in [-0.05, 0) is 44.0 Å². The van der Waals surface area contributed by atoms with E-state index in [-0.39, 0.29) is 11.5 Å². The maximum Gasteiger partial charge on any atom is 0.271 e. The Hall–Kier alpha value is -2.83. The molecule has 0 unspecified atom stereocenters. The minimum absolute atomic E-state index is 0.0806. The fourth-order valence-electron chi connectivity index (χ4n) is 3.14. The van der Waals surface area contributed by atoms with Crippen LogP contribution in [0, 0.1) is 0 Å². The van der Waals surface area contributed by atoms with Crippen LogP contribution < -0.4 is 15.0 Å². The van der Waals surface area contributed by atoms with Crippen LogP contribution in [0.5, 0.6) is 11.5 Å². The fourth-order valence-corrected chi connectivity index (χ4v) is 3.14. The lowest BCUT2D eigenvalue weighted by atomic mass is 10.1. The summed E-state index contributed by atoms with van der Waals surface area (Å²) >= 11 is 0. The van der Waals surface area contributed by atoms with Crippen molar-refractivity contribution in [3.8, 4) is 22.8 Å². The number of methoxy groups -OCH3 is 2. The molecule has 0 N–H and O–H groups in total. The van der Waals surface area contributed by atoms with Gasteiger partial charge in [-0.15, -0.1) is 0 Å². The zero-order valence-corrected chi connectivity index (χ0v) is 15.3. The third-order valence-corrected chi connectivity index (χ3v) is 4.65. The highest BCUT2D eigenvalue weighted by molar-refractivity contribution is 5.80. The Morgan fingerprint density at radius 2 is 1.77 bits per heavy atom. The number of carbonyl (C=O) groups is 1. The fraction of sp³-hybridized carbons (Fsp3) is 0.421. The second kappa shape index (κ2) is 7.59. The largest absolute Gasteiger partial charge is 0.497 e. The molecule has 2 heterocycles. The van der Waals surface area contributed by atoms with E-state index >= 15 is 0 Å². The van der Waals surface area contributed by atoms with Crippen molar-refractivity contribution in [3.63, 3.8) is 0 Å². The average Bonchev–Trinajstić information content (AvgIpc) is 3.21. The van der Waals surface area contributed by atoms with E-state index in [1.807, 2.05) is 24.3 Å². The summed E-state index contributed by atoms with van der Waals surface area (Å²) in [6.45, 7) is 3.18. The van der Waals surface area contributed by atoms with Gasteiger partial charge in [0.2, 0.25) is 5.91 Å². The van der Waals surface area contributed by atoms with Gasteiger partial charge in [-0.1, -0.05) is 0 Å². The minimum atomic E-state index is -0.663. The Labute approximate surface area is 152 Å². The molecule has 1 fully saturated rings. The third kappa shape index (κ3) is 3.42. The molecule has 26 heavy (non-hydrogen) atoms. The Kier molecular flexibility index (Phi) is 5.25. The summed E-state index contributed by atoms with van der Waals surface area (Å²) in [4.78, 5) is 26.9. The molecule has 0 bridgehead atoms. The predicted octanol–water partition coefficient (Wildman–Crippen LogP) is 2.11. The number of nitrogens with zero attached hydrogens (tertiary/aromatic N) is 3. The second-order valence-corrected chi connectivity index (χ2v) is 6.28. The predicted molar refractivity (Wildman–Crippen MR) is 97.6 cm³/mol. The monoisotopic (exact) mass is 357 g/mol. The summed E-state index contributed by atoms with van der Waals surface area (Å²) in [7, 11) is 3.09. The summed E-state index contributed by atoms with van der Waals surface area (Å²) < 4.78 is 11.7. The standard InChI is InChI=1S/C19H23N3O4/c1-13(19(24)21-10-4-5-11-21)22-17(23)12-16(26-3)18(20-22)14-6-8-15(25-2)9-7-14/h6-9,12-13H,4-5,10-11H2,1-3H3/t13-/m1/s1. The minimum Gasteiger partial charge on any atom is -0.497 e. The number of likely N-dealkylation sites (tertiary alicyclic amines) is 1. The van der Waals surface area contributed by atoms with Gasteiger partial charge < -0.3 is 14.4 Å². The number of aromatic nitrogens is 2. The Balaban J connectivity index is 2.00. The summed E-state index contributed by atoms with van der Waals surface area (Å²) in [6, 6.07) is 8.01. The molecule has 0 aliphatic carbocycles. The summed E-state index contributed by atoms with van der Waals surface area (Å²) in [5.41, 5.74) is 0.923. The van der Waals surface area contributed by atoms with Gasteiger partial charge in [0.15, 0.2) is 5.75 Å². The van der Waals surface area contributed by atoms with Crippen LogP contribution in [-0.2, 0) is 4.79 Å². The SMILES string of the molecule is COc1ccc(-c2nn([C@H](C)C(=O)N3CCCC3)c(=O)cc2OC)cc1. The van der Waals surface area contributed by atoms with Crippen molar-refractivity contribution in [3.05, 3.63) is 40.7 Å². The number of benzene rings is 1. The molecule has 1 aromatic heterocycles. The van der Waals surface area contributed by atoms with Crippen LogP contribution in [0.25, 0.3) is 11.3 Å². The Morgan fingerprint density at radius 1 is 1.12 bits per heavy atom. The smallest absolute Gasteiger partial charge is 0.271 e. The highest BCUT2D eigenvalue weighted by Gasteiger charge is 2.26. The molecule has 1 atom stereocenters. The first kappa shape index (κ1) is 18.0. The van der Waals surface area contributed by atoms with Crippen molar-refractivity contribution in [1.82, 2.24) is 14.7 Å². The van der Waals surface area contributed by atoms with Crippen LogP contribution >= 0.6 is 0 Å². The maximum absolute atomic E-state index is 12.7. The molecule has 0 spiro atoms. The summed E-state index contributed by atoms with van der Waals surface area (Å²) in [5, 5.41) is 4.45. The van der Waals surface area contributed by atoms with Crippen LogP contribution in [0.3, 0.4) is 0 Å². The maximum atomic E-state index is 12.7. The number of ether oxygens (including phenoxy) is 2. The van der Waals surface area contributed by atoms with Crippen molar-refractivity contribution >= 4 is 5.91 Å². The molecule has 1 aromatic carbocycles. The normalized spacial score (nSPS) is 15.0. The van der Waals surface area contributed by atoms with Crippen molar-refractivity contribution in [1.29, 1.82) is 0 Å². The second-order valence-electron chi connectivity index (χ2n) is 6.28. The average molecular weight is 357 g/mol. The number of carbonyl (C=O) groups excluding carboxylic acids is 1. The Morgan fingerprint density at radius 3 is 2.35 bits per heavy atom. The van der Waals surface area contributed by atoms with Crippen molar-refractivity contribution in [2.24, 2.45) is 0 Å². The first-order chi connectivity index (χ1) is 12.5. The number of rotatable bonds is 5. The molecular weight excluding hydrogens is 334 g/mol. The molecule has 7 heteroatoms. The zero-order chi connectivity index (χ0) is 18.7. The van der Waals surface area contributed by atoms with Crippen LogP contribution in [0.2, 0.25) is 0 Å². The lowest BCUT2D eigenvalue weighted by Gasteiger charge is -2.22. The summed E-state index contributed by atoms with van der Waals surface area (Å²) in [5.74, 6) is 1.01. The number of amides is 1. The molecule has 1 aliphatic heterocycles. The van der Waals surface area contributed by atoms with Gasteiger partial charge >= 0.3 is 0 Å². The molecule has 3 rings (SSSR count). The number of hydrogen-bond donors (Lipinski definition) is 0. The van der Waals surface area contributed by atoms with Crippen molar-refractivity contribution < 1.29 is 14.3 Å². The van der Waals surface area contributed by atoms with E-state index in [2.05, 4.69) is 5.10 Å². The highest BCUT2D eigenvalue weighted by atomic mass is 16.5. The van der Waals surface area contributed by atoms with Gasteiger partial charge in [-0.25, -0.2) is 4.68 Å². The van der Waals surface area contributed by atoms with Gasteiger partial charge in [0.1, 0.15) is 17.5 Å². The quantitative estimate of drug-likeness (QED) is 0.819. The van der Waals surface area contributed by atoms with Gasteiger partial charge in [-0.2, -0.15) is 5.10 Å². The van der Waals surface area contributed by atoms with Crippen LogP contribution in [0.4, 0.5) is 0 Å². The molecule has 1 saturated heterocycles. The molecule has 1 amide bonds. The first-order valence-electron chi connectivity index (χ1n) is 8.66. The molecule has 1 aliphatic rings. The lowest BCUT2D eigenvalue weighted by Crippen LogP contribution is -2.38. The molecular formula is C19H23N3O4. The molecule has 138 valence electrons. The van der Waals surface area contributed by atoms with Crippen molar-refractivity contribution in [2.45, 2.75) is 25.8 Å². The van der Waals surface area contributed by atoms with Gasteiger partial charge in [-0.3, -0.25) is 9.59 Å². The molecule has 2 aromatic rings. The van der Waals surface area contributed by atoms with E-state index in [0.717, 1.165) is 37.2 Å². The van der Waals surface area contributed by atoms with E-state index in [0.29, 0.717) is 11.4 Å². The topological polar surface area (TPSA) is 73.7 Å². The molecule has 0 saturated carbocycles. The van der Waals surface area contributed by atoms with Crippen LogP contribution in [0.15, 0.2) is 35.1 Å². The zero-order valence-electron chi connectivity index (χ0n) is 15.3. The summed E-state index contributed by atoms with van der Waals surface area (Å²) in [6.07, 6.45) is 2.00. The molecule has 0 radical (unpaired) electrons. The van der Waals surface area contributed by atoms with E-state index < -0.39 is 6.04 Å². The van der Waals surface area contributed by atoms with Gasteiger partial charge in [0, 0.05) is 24.7 Å². The Bertz CT molecular complexity index is 839. The molecule has 7 nitrogen and oxygen atoms in total. The van der Waals surface area contributed by atoms with Gasteiger partial charge in [0.05, 0.1) is 14.2 Å². The van der Waals surface area contributed by atoms with Crippen LogP contribution in [-0.4, -0.2) is 47.9 Å². The third-order valence-electron chi connectivity index (χ3n) is 4.65. The first-order valence-corrected chi connectivity index (χ1v) is 8.66. The van der Waals surface area contributed by atoms with E-state index in [1.54, 1.807) is 18.9 Å². The van der Waals surface area contributed by atoms with Crippen LogP contribution in [0.1, 0.15) is 25.8 Å².